The Hall–Kier alpha value is -3.98. The number of nitro benzene ring substituents is 1. The van der Waals surface area contributed by atoms with E-state index in [1.807, 2.05) is 31.2 Å². The molecule has 1 aromatic heterocycles. The molecular weight excluding hydrogens is 456 g/mol. The summed E-state index contributed by atoms with van der Waals surface area (Å²) in [5, 5.41) is 15.8. The Morgan fingerprint density at radius 1 is 1.15 bits per heavy atom. The van der Waals surface area contributed by atoms with Gasteiger partial charge in [0.1, 0.15) is 16.3 Å². The molecule has 0 spiro atoms. The largest absolute Gasteiger partial charge is 0.494 e. The molecule has 0 bridgehead atoms. The monoisotopic (exact) mass is 480 g/mol. The Kier molecular flexibility index (Phi) is 8.53. The van der Waals surface area contributed by atoms with E-state index in [2.05, 4.69) is 5.32 Å². The number of thiophene rings is 1. The van der Waals surface area contributed by atoms with Crippen molar-refractivity contribution in [2.45, 2.75) is 20.3 Å². The molecule has 3 rings (SSSR count). The number of carbonyl (C=O) groups excluding carboxylic acids is 2. The second-order valence-corrected chi connectivity index (χ2v) is 8.00. The maximum absolute atomic E-state index is 12.7. The molecule has 0 unspecified atom stereocenters. The summed E-state index contributed by atoms with van der Waals surface area (Å²) >= 11 is 1.15. The van der Waals surface area contributed by atoms with Gasteiger partial charge in [0, 0.05) is 29.2 Å². The van der Waals surface area contributed by atoms with E-state index in [-0.39, 0.29) is 17.9 Å². The summed E-state index contributed by atoms with van der Waals surface area (Å²) in [6.07, 6.45) is 3.93. The average Bonchev–Trinajstić information content (AvgIpc) is 3.25. The van der Waals surface area contributed by atoms with Crippen molar-refractivity contribution in [3.63, 3.8) is 0 Å². The van der Waals surface area contributed by atoms with E-state index in [4.69, 9.17) is 9.47 Å². The van der Waals surface area contributed by atoms with Crippen molar-refractivity contribution in [1.29, 1.82) is 0 Å². The zero-order chi connectivity index (χ0) is 24.5. The van der Waals surface area contributed by atoms with Crippen LogP contribution in [0.25, 0.3) is 17.2 Å². The second-order valence-electron chi connectivity index (χ2n) is 7.12. The zero-order valence-corrected chi connectivity index (χ0v) is 19.6. The van der Waals surface area contributed by atoms with Crippen LogP contribution in [-0.2, 0) is 9.53 Å². The number of anilines is 1. The second kappa shape index (κ2) is 11.8. The molecule has 0 atom stereocenters. The quantitative estimate of drug-likeness (QED) is 0.166. The van der Waals surface area contributed by atoms with Crippen molar-refractivity contribution >= 4 is 40.0 Å². The molecule has 34 heavy (non-hydrogen) atoms. The summed E-state index contributed by atoms with van der Waals surface area (Å²) in [7, 11) is 0. The van der Waals surface area contributed by atoms with Crippen LogP contribution in [0.2, 0.25) is 0 Å². The maximum Gasteiger partial charge on any atom is 0.341 e. The molecule has 0 aliphatic heterocycles. The topological polar surface area (TPSA) is 108 Å². The first-order valence-electron chi connectivity index (χ1n) is 10.7. The van der Waals surface area contributed by atoms with Crippen molar-refractivity contribution in [1.82, 2.24) is 0 Å². The zero-order valence-electron chi connectivity index (χ0n) is 18.8. The van der Waals surface area contributed by atoms with E-state index in [1.54, 1.807) is 30.5 Å². The van der Waals surface area contributed by atoms with Gasteiger partial charge in [0.05, 0.1) is 18.1 Å². The molecule has 8 nitrogen and oxygen atoms in total. The molecule has 0 fully saturated rings. The number of rotatable bonds is 10. The molecule has 0 aliphatic carbocycles. The number of carbonyl (C=O) groups is 2. The first-order chi connectivity index (χ1) is 16.4. The predicted octanol–water partition coefficient (Wildman–Crippen LogP) is 5.94. The van der Waals surface area contributed by atoms with Crippen molar-refractivity contribution in [3.8, 4) is 16.9 Å². The minimum Gasteiger partial charge on any atom is -0.494 e. The van der Waals surface area contributed by atoms with Crippen LogP contribution in [0.5, 0.6) is 5.75 Å². The summed E-state index contributed by atoms with van der Waals surface area (Å²) in [6.45, 7) is 4.49. The van der Waals surface area contributed by atoms with Crippen molar-refractivity contribution < 1.29 is 24.0 Å². The van der Waals surface area contributed by atoms with Crippen molar-refractivity contribution in [2.75, 3.05) is 18.5 Å². The number of esters is 1. The Balaban J connectivity index is 1.81. The number of benzene rings is 2. The number of amides is 1. The minimum absolute atomic E-state index is 0.0989. The van der Waals surface area contributed by atoms with E-state index < -0.39 is 16.8 Å². The Bertz CT molecular complexity index is 1200. The Labute approximate surface area is 201 Å². The highest BCUT2D eigenvalue weighted by Gasteiger charge is 2.23. The summed E-state index contributed by atoms with van der Waals surface area (Å²) in [5.74, 6) is -0.286. The fourth-order valence-corrected chi connectivity index (χ4v) is 4.04. The molecule has 0 aliphatic rings. The van der Waals surface area contributed by atoms with Crippen LogP contribution in [0.4, 0.5) is 10.7 Å². The van der Waals surface area contributed by atoms with Gasteiger partial charge in [0.15, 0.2) is 0 Å². The van der Waals surface area contributed by atoms with E-state index in [0.29, 0.717) is 22.7 Å². The summed E-state index contributed by atoms with van der Waals surface area (Å²) in [4.78, 5) is 35.9. The minimum atomic E-state index is -0.618. The smallest absolute Gasteiger partial charge is 0.341 e. The lowest BCUT2D eigenvalue weighted by molar-refractivity contribution is -0.384. The van der Waals surface area contributed by atoms with Gasteiger partial charge in [-0.05, 0) is 42.7 Å². The normalized spacial score (nSPS) is 10.8. The number of nitrogens with one attached hydrogen (secondary N) is 1. The molecule has 0 radical (unpaired) electrons. The first kappa shape index (κ1) is 24.7. The molecular formula is C25H24N2O6S. The SMILES string of the molecule is CCCOc1ccc(/C=C/C(=O)Nc2scc(-c3cccc([N+](=O)[O-])c3)c2C(=O)OCC)cc1. The van der Waals surface area contributed by atoms with Gasteiger partial charge in [-0.25, -0.2) is 4.79 Å². The lowest BCUT2D eigenvalue weighted by Gasteiger charge is -2.08. The number of nitro groups is 1. The first-order valence-corrected chi connectivity index (χ1v) is 11.6. The molecule has 0 saturated carbocycles. The van der Waals surface area contributed by atoms with Crippen LogP contribution in [0, 0.1) is 10.1 Å². The number of non-ortho nitro benzene ring substituents is 1. The number of ether oxygens (including phenoxy) is 2. The highest BCUT2D eigenvalue weighted by molar-refractivity contribution is 7.15. The van der Waals surface area contributed by atoms with Crippen LogP contribution < -0.4 is 10.1 Å². The van der Waals surface area contributed by atoms with Gasteiger partial charge in [-0.15, -0.1) is 11.3 Å². The Morgan fingerprint density at radius 2 is 1.91 bits per heavy atom. The third-order valence-electron chi connectivity index (χ3n) is 4.66. The summed E-state index contributed by atoms with van der Waals surface area (Å²) in [5.41, 5.74) is 1.81. The highest BCUT2D eigenvalue weighted by atomic mass is 32.1. The van der Waals surface area contributed by atoms with Gasteiger partial charge in [0.2, 0.25) is 5.91 Å². The van der Waals surface area contributed by atoms with Gasteiger partial charge in [-0.3, -0.25) is 14.9 Å². The van der Waals surface area contributed by atoms with E-state index in [1.165, 1.54) is 18.2 Å². The molecule has 1 N–H and O–H groups in total. The standard InChI is InChI=1S/C25H24N2O6S/c1-3-14-33-20-11-8-17(9-12-20)10-13-22(28)26-24-23(25(29)32-4-2)21(16-34-24)18-6-5-7-19(15-18)27(30)31/h5-13,15-16H,3-4,14H2,1-2H3,(H,26,28)/b13-10+. The fourth-order valence-electron chi connectivity index (χ4n) is 3.08. The van der Waals surface area contributed by atoms with Crippen molar-refractivity contribution in [2.24, 2.45) is 0 Å². The molecule has 2 aromatic carbocycles. The molecule has 0 saturated heterocycles. The third-order valence-corrected chi connectivity index (χ3v) is 5.55. The maximum atomic E-state index is 12.7. The third kappa shape index (κ3) is 6.29. The molecule has 1 amide bonds. The van der Waals surface area contributed by atoms with Gasteiger partial charge >= 0.3 is 5.97 Å². The lowest BCUT2D eigenvalue weighted by atomic mass is 10.0. The Morgan fingerprint density at radius 3 is 2.59 bits per heavy atom. The van der Waals surface area contributed by atoms with Crippen LogP contribution >= 0.6 is 11.3 Å². The number of hydrogen-bond donors (Lipinski definition) is 1. The van der Waals surface area contributed by atoms with Gasteiger partial charge in [-0.1, -0.05) is 31.2 Å². The predicted molar refractivity (Wildman–Crippen MR) is 132 cm³/mol. The van der Waals surface area contributed by atoms with Crippen LogP contribution in [0.1, 0.15) is 36.2 Å². The molecule has 1 heterocycles. The van der Waals surface area contributed by atoms with Gasteiger partial charge in [-0.2, -0.15) is 0 Å². The number of hydrogen-bond acceptors (Lipinski definition) is 7. The van der Waals surface area contributed by atoms with Gasteiger partial charge in [0.25, 0.3) is 5.69 Å². The van der Waals surface area contributed by atoms with E-state index in [9.17, 15) is 19.7 Å². The van der Waals surface area contributed by atoms with Gasteiger partial charge < -0.3 is 14.8 Å². The highest BCUT2D eigenvalue weighted by Crippen LogP contribution is 2.37. The van der Waals surface area contributed by atoms with Crippen LogP contribution in [-0.4, -0.2) is 30.0 Å². The van der Waals surface area contributed by atoms with Crippen molar-refractivity contribution in [3.05, 3.63) is 81.2 Å². The molecule has 176 valence electrons. The van der Waals surface area contributed by atoms with Crippen LogP contribution in [0.3, 0.4) is 0 Å². The summed E-state index contributed by atoms with van der Waals surface area (Å²) < 4.78 is 10.7. The van der Waals surface area contributed by atoms with E-state index >= 15 is 0 Å². The lowest BCUT2D eigenvalue weighted by Crippen LogP contribution is -2.12. The average molecular weight is 481 g/mol. The van der Waals surface area contributed by atoms with E-state index in [0.717, 1.165) is 29.1 Å². The number of nitrogens with zero attached hydrogens (tertiary/aromatic N) is 1. The fraction of sp³-hybridized carbons (Fsp3) is 0.200. The molecule has 9 heteroatoms. The summed E-state index contributed by atoms with van der Waals surface area (Å²) in [6, 6.07) is 13.3. The van der Waals surface area contributed by atoms with Crippen LogP contribution in [0.15, 0.2) is 60.0 Å². The molecule has 3 aromatic rings.